The van der Waals surface area contributed by atoms with E-state index in [1.165, 1.54) is 23.9 Å². The second-order valence-electron chi connectivity index (χ2n) is 4.76. The SMILES string of the molecule is CSCC[C@H](C(=O)[O-])N1C(=O)/C(=C\c2cccc(O)c2)SC1=S. The number of hydrogen-bond acceptors (Lipinski definition) is 7. The first-order valence-corrected chi connectivity index (χ1v) is 9.31. The number of carbonyl (C=O) groups excluding carboxylic acids is 2. The number of amides is 1. The Morgan fingerprint density at radius 2 is 2.30 bits per heavy atom. The molecular formula is C15H14NO4S3-. The Bertz CT molecular complexity index is 674. The number of phenols is 1. The molecule has 0 saturated carbocycles. The van der Waals surface area contributed by atoms with Crippen LogP contribution in [0.2, 0.25) is 0 Å². The van der Waals surface area contributed by atoms with Crippen LogP contribution in [-0.2, 0) is 9.59 Å². The highest BCUT2D eigenvalue weighted by Crippen LogP contribution is 2.35. The van der Waals surface area contributed by atoms with E-state index < -0.39 is 17.9 Å². The van der Waals surface area contributed by atoms with Gasteiger partial charge in [0.05, 0.1) is 16.9 Å². The van der Waals surface area contributed by atoms with Gasteiger partial charge >= 0.3 is 0 Å². The molecule has 1 aliphatic heterocycles. The van der Waals surface area contributed by atoms with E-state index in [9.17, 15) is 19.8 Å². The molecule has 8 heteroatoms. The lowest BCUT2D eigenvalue weighted by molar-refractivity contribution is -0.310. The summed E-state index contributed by atoms with van der Waals surface area (Å²) in [6.07, 6.45) is 3.72. The van der Waals surface area contributed by atoms with Gasteiger partial charge in [-0.05, 0) is 42.2 Å². The fourth-order valence-electron chi connectivity index (χ4n) is 2.10. The number of nitrogens with zero attached hydrogens (tertiary/aromatic N) is 1. The van der Waals surface area contributed by atoms with Crippen LogP contribution in [0.3, 0.4) is 0 Å². The van der Waals surface area contributed by atoms with E-state index in [1.54, 1.807) is 18.2 Å². The molecule has 1 amide bonds. The summed E-state index contributed by atoms with van der Waals surface area (Å²) in [4.78, 5) is 25.3. The van der Waals surface area contributed by atoms with Crippen molar-refractivity contribution >= 4 is 58.0 Å². The molecule has 23 heavy (non-hydrogen) atoms. The average Bonchev–Trinajstić information content (AvgIpc) is 2.75. The number of rotatable bonds is 6. The van der Waals surface area contributed by atoms with E-state index in [0.717, 1.165) is 16.7 Å². The lowest BCUT2D eigenvalue weighted by Crippen LogP contribution is -2.50. The Morgan fingerprint density at radius 1 is 1.57 bits per heavy atom. The summed E-state index contributed by atoms with van der Waals surface area (Å²) in [5, 5.41) is 20.8. The molecule has 122 valence electrons. The summed E-state index contributed by atoms with van der Waals surface area (Å²) in [6, 6.07) is 5.36. The topological polar surface area (TPSA) is 80.7 Å². The van der Waals surface area contributed by atoms with Gasteiger partial charge in [-0.3, -0.25) is 9.69 Å². The minimum absolute atomic E-state index is 0.0850. The summed E-state index contributed by atoms with van der Waals surface area (Å²) in [7, 11) is 0. The van der Waals surface area contributed by atoms with Gasteiger partial charge < -0.3 is 15.0 Å². The quantitative estimate of drug-likeness (QED) is 0.601. The summed E-state index contributed by atoms with van der Waals surface area (Å²) < 4.78 is 0.205. The van der Waals surface area contributed by atoms with Gasteiger partial charge in [0.2, 0.25) is 0 Å². The molecule has 1 saturated heterocycles. The Morgan fingerprint density at radius 3 is 2.91 bits per heavy atom. The molecule has 5 nitrogen and oxygen atoms in total. The fraction of sp³-hybridized carbons (Fsp3) is 0.267. The monoisotopic (exact) mass is 368 g/mol. The van der Waals surface area contributed by atoms with Gasteiger partial charge in [-0.2, -0.15) is 11.8 Å². The maximum Gasteiger partial charge on any atom is 0.266 e. The molecule has 1 aromatic rings. The van der Waals surface area contributed by atoms with Crippen LogP contribution in [0, 0.1) is 0 Å². The van der Waals surface area contributed by atoms with Crippen LogP contribution < -0.4 is 5.11 Å². The largest absolute Gasteiger partial charge is 0.548 e. The van der Waals surface area contributed by atoms with E-state index >= 15 is 0 Å². The van der Waals surface area contributed by atoms with Crippen molar-refractivity contribution in [1.29, 1.82) is 0 Å². The normalized spacial score (nSPS) is 17.8. The van der Waals surface area contributed by atoms with Crippen LogP contribution in [0.25, 0.3) is 6.08 Å². The summed E-state index contributed by atoms with van der Waals surface area (Å²) >= 11 is 7.71. The summed E-state index contributed by atoms with van der Waals surface area (Å²) in [6.45, 7) is 0. The zero-order valence-corrected chi connectivity index (χ0v) is 14.7. The summed E-state index contributed by atoms with van der Waals surface area (Å²) in [5.41, 5.74) is 0.639. The number of aliphatic carboxylic acids is 1. The molecule has 1 heterocycles. The van der Waals surface area contributed by atoms with Crippen molar-refractivity contribution in [2.75, 3.05) is 12.0 Å². The summed E-state index contributed by atoms with van der Waals surface area (Å²) in [5.74, 6) is -1.09. The molecule has 2 rings (SSSR count). The third kappa shape index (κ3) is 4.27. The lowest BCUT2D eigenvalue weighted by atomic mass is 10.1. The highest BCUT2D eigenvalue weighted by atomic mass is 32.2. The number of carbonyl (C=O) groups is 2. The van der Waals surface area contributed by atoms with Crippen molar-refractivity contribution < 1.29 is 19.8 Å². The van der Waals surface area contributed by atoms with E-state index in [4.69, 9.17) is 12.2 Å². The molecule has 1 N–H and O–H groups in total. The average molecular weight is 368 g/mol. The highest BCUT2D eigenvalue weighted by molar-refractivity contribution is 8.26. The maximum atomic E-state index is 12.5. The molecular weight excluding hydrogens is 354 g/mol. The van der Waals surface area contributed by atoms with Crippen LogP contribution >= 0.6 is 35.7 Å². The van der Waals surface area contributed by atoms with Crippen molar-refractivity contribution in [3.05, 3.63) is 34.7 Å². The molecule has 0 unspecified atom stereocenters. The zero-order valence-electron chi connectivity index (χ0n) is 12.2. The molecule has 0 bridgehead atoms. The third-order valence-corrected chi connectivity index (χ3v) is 5.15. The van der Waals surface area contributed by atoms with E-state index in [0.29, 0.717) is 16.2 Å². The van der Waals surface area contributed by atoms with E-state index in [1.807, 2.05) is 6.26 Å². The Hall–Kier alpha value is -1.51. The number of hydrogen-bond donors (Lipinski definition) is 1. The highest BCUT2D eigenvalue weighted by Gasteiger charge is 2.37. The Kier molecular flexibility index (Phi) is 6.09. The van der Waals surface area contributed by atoms with Gasteiger partial charge in [0.1, 0.15) is 10.1 Å². The molecule has 0 aliphatic carbocycles. The second kappa shape index (κ2) is 7.85. The van der Waals surface area contributed by atoms with Crippen molar-refractivity contribution in [2.45, 2.75) is 12.5 Å². The maximum absolute atomic E-state index is 12.5. The van der Waals surface area contributed by atoms with Crippen molar-refractivity contribution in [3.63, 3.8) is 0 Å². The number of carboxylic acid groups (broad SMARTS) is 1. The van der Waals surface area contributed by atoms with Gasteiger partial charge in [0.25, 0.3) is 5.91 Å². The van der Waals surface area contributed by atoms with Crippen molar-refractivity contribution in [3.8, 4) is 5.75 Å². The first kappa shape index (κ1) is 17.8. The zero-order chi connectivity index (χ0) is 17.0. The van der Waals surface area contributed by atoms with E-state index in [-0.39, 0.29) is 16.5 Å². The lowest BCUT2D eigenvalue weighted by Gasteiger charge is -2.27. The number of thioether (sulfide) groups is 2. The van der Waals surface area contributed by atoms with Crippen LogP contribution in [0.1, 0.15) is 12.0 Å². The van der Waals surface area contributed by atoms with E-state index in [2.05, 4.69) is 0 Å². The van der Waals surface area contributed by atoms with Gasteiger partial charge in [-0.15, -0.1) is 0 Å². The van der Waals surface area contributed by atoms with Gasteiger partial charge in [-0.1, -0.05) is 36.1 Å². The third-order valence-electron chi connectivity index (χ3n) is 3.17. The van der Waals surface area contributed by atoms with Crippen LogP contribution in [0.5, 0.6) is 5.75 Å². The van der Waals surface area contributed by atoms with Crippen molar-refractivity contribution in [1.82, 2.24) is 4.90 Å². The number of phenolic OH excluding ortho intramolecular Hbond substituents is 1. The second-order valence-corrected chi connectivity index (χ2v) is 7.42. The number of carboxylic acids is 1. The standard InChI is InChI=1S/C15H15NO4S3/c1-22-6-5-11(14(19)20)16-13(18)12(23-15(16)21)8-9-3-2-4-10(17)7-9/h2-4,7-8,11,17H,5-6H2,1H3,(H,19,20)/p-1/b12-8+/t11-/m1/s1. The molecule has 0 spiro atoms. The van der Waals surface area contributed by atoms with Crippen LogP contribution in [0.15, 0.2) is 29.2 Å². The number of benzene rings is 1. The molecule has 1 fully saturated rings. The first-order valence-electron chi connectivity index (χ1n) is 6.70. The molecule has 1 aliphatic rings. The van der Waals surface area contributed by atoms with Crippen molar-refractivity contribution in [2.24, 2.45) is 0 Å². The first-order chi connectivity index (χ1) is 10.9. The van der Waals surface area contributed by atoms with Gasteiger partial charge in [0.15, 0.2) is 0 Å². The van der Waals surface area contributed by atoms with Gasteiger partial charge in [0, 0.05) is 0 Å². The van der Waals surface area contributed by atoms with Crippen LogP contribution in [-0.4, -0.2) is 44.3 Å². The minimum Gasteiger partial charge on any atom is -0.548 e. The minimum atomic E-state index is -1.31. The Balaban J connectivity index is 2.26. The van der Waals surface area contributed by atoms with Gasteiger partial charge in [-0.25, -0.2) is 0 Å². The Labute approximate surface area is 147 Å². The number of aromatic hydroxyl groups is 1. The molecule has 1 aromatic carbocycles. The smallest absolute Gasteiger partial charge is 0.266 e. The predicted octanol–water partition coefficient (Wildman–Crippen LogP) is 1.46. The van der Waals surface area contributed by atoms with Crippen LogP contribution in [0.4, 0.5) is 0 Å². The predicted molar refractivity (Wildman–Crippen MR) is 94.9 cm³/mol. The fourth-order valence-corrected chi connectivity index (χ4v) is 3.91. The molecule has 0 radical (unpaired) electrons. The molecule has 0 aromatic heterocycles. The number of thiocarbonyl (C=S) groups is 1. The molecule has 1 atom stereocenters.